The number of hydrogen-bond donors (Lipinski definition) is 0. The van der Waals surface area contributed by atoms with Crippen LogP contribution in [0.2, 0.25) is 0 Å². The molecule has 0 aromatic heterocycles. The molecule has 3 atom stereocenters. The van der Waals surface area contributed by atoms with Crippen molar-refractivity contribution >= 4 is 5.78 Å². The maximum atomic E-state index is 13.6. The first-order chi connectivity index (χ1) is 13.0. The summed E-state index contributed by atoms with van der Waals surface area (Å²) in [6.45, 7) is 5.87. The standard InChI is InChI=1S/C23H30N2O2/c1-4-5-6-7-12-21-23(13-17(2)15-24,14-18(3)16-25)22(26)19-10-8-9-11-20(19)27-21/h8-11,17-18,21H,4-7,12-14H2,1-3H3. The van der Waals surface area contributed by atoms with Crippen LogP contribution in [-0.4, -0.2) is 11.9 Å². The summed E-state index contributed by atoms with van der Waals surface area (Å²) in [6, 6.07) is 11.9. The first-order valence-corrected chi connectivity index (χ1v) is 10.1. The van der Waals surface area contributed by atoms with Crippen LogP contribution in [0.5, 0.6) is 5.75 Å². The fourth-order valence-corrected chi connectivity index (χ4v) is 4.24. The molecule has 0 aliphatic carbocycles. The number of nitrogens with zero attached hydrogens (tertiary/aromatic N) is 2. The van der Waals surface area contributed by atoms with E-state index in [1.165, 1.54) is 0 Å². The van der Waals surface area contributed by atoms with Gasteiger partial charge in [0.15, 0.2) is 5.78 Å². The van der Waals surface area contributed by atoms with E-state index in [1.54, 1.807) is 6.07 Å². The summed E-state index contributed by atoms with van der Waals surface area (Å²) in [5.74, 6) is 0.126. The predicted octanol–water partition coefficient (Wildman–Crippen LogP) is 5.69. The predicted molar refractivity (Wildman–Crippen MR) is 105 cm³/mol. The summed E-state index contributed by atoms with van der Waals surface area (Å²) in [4.78, 5) is 13.6. The van der Waals surface area contributed by atoms with Crippen LogP contribution >= 0.6 is 0 Å². The van der Waals surface area contributed by atoms with Gasteiger partial charge in [-0.15, -0.1) is 0 Å². The molecule has 0 fully saturated rings. The highest BCUT2D eigenvalue weighted by Gasteiger charge is 2.52. The Hall–Kier alpha value is -2.33. The highest BCUT2D eigenvalue weighted by molar-refractivity contribution is 6.04. The zero-order chi connectivity index (χ0) is 19.9. The Labute approximate surface area is 163 Å². The summed E-state index contributed by atoms with van der Waals surface area (Å²) in [7, 11) is 0. The molecule has 0 bridgehead atoms. The minimum absolute atomic E-state index is 0.0361. The number of ketones is 1. The van der Waals surface area contributed by atoms with E-state index in [2.05, 4.69) is 19.1 Å². The molecule has 2 rings (SSSR count). The third-order valence-corrected chi connectivity index (χ3v) is 5.57. The lowest BCUT2D eigenvalue weighted by molar-refractivity contribution is 0.00446. The van der Waals surface area contributed by atoms with Gasteiger partial charge in [0.25, 0.3) is 0 Å². The Morgan fingerprint density at radius 1 is 1.07 bits per heavy atom. The highest BCUT2D eigenvalue weighted by atomic mass is 16.5. The number of unbranched alkanes of at least 4 members (excludes halogenated alkanes) is 3. The van der Waals surface area contributed by atoms with Crippen LogP contribution in [0.3, 0.4) is 0 Å². The molecule has 3 unspecified atom stereocenters. The summed E-state index contributed by atoms with van der Waals surface area (Å²) >= 11 is 0. The number of carbonyl (C=O) groups is 1. The lowest BCUT2D eigenvalue weighted by Gasteiger charge is -2.44. The zero-order valence-corrected chi connectivity index (χ0v) is 16.7. The van der Waals surface area contributed by atoms with Crippen LogP contribution in [0.15, 0.2) is 24.3 Å². The number of Topliss-reactive ketones (excluding diaryl/α,β-unsaturated/α-hetero) is 1. The van der Waals surface area contributed by atoms with E-state index in [1.807, 2.05) is 32.0 Å². The van der Waals surface area contributed by atoms with Crippen LogP contribution < -0.4 is 4.74 Å². The van der Waals surface area contributed by atoms with Crippen LogP contribution in [0.1, 0.15) is 76.1 Å². The van der Waals surface area contributed by atoms with Crippen molar-refractivity contribution in [2.45, 2.75) is 71.8 Å². The van der Waals surface area contributed by atoms with Gasteiger partial charge in [0, 0.05) is 11.8 Å². The van der Waals surface area contributed by atoms with E-state index in [0.29, 0.717) is 24.2 Å². The second kappa shape index (κ2) is 9.56. The maximum Gasteiger partial charge on any atom is 0.176 e. The highest BCUT2D eigenvalue weighted by Crippen LogP contribution is 2.48. The van der Waals surface area contributed by atoms with E-state index < -0.39 is 5.41 Å². The molecule has 0 saturated heterocycles. The van der Waals surface area contributed by atoms with Crippen molar-refractivity contribution in [2.75, 3.05) is 0 Å². The van der Waals surface area contributed by atoms with Gasteiger partial charge in [0.1, 0.15) is 11.9 Å². The Kier molecular flexibility index (Phi) is 7.43. The first-order valence-electron chi connectivity index (χ1n) is 10.1. The van der Waals surface area contributed by atoms with Crippen molar-refractivity contribution in [3.8, 4) is 17.9 Å². The minimum Gasteiger partial charge on any atom is -0.489 e. The summed E-state index contributed by atoms with van der Waals surface area (Å²) in [5, 5.41) is 18.8. The first kappa shape index (κ1) is 21.0. The molecule has 1 heterocycles. The number of carbonyl (C=O) groups excluding carboxylic acids is 1. The van der Waals surface area contributed by atoms with Crippen molar-refractivity contribution in [1.82, 2.24) is 0 Å². The van der Waals surface area contributed by atoms with E-state index in [4.69, 9.17) is 4.74 Å². The number of ether oxygens (including phenoxy) is 1. The molecule has 1 aromatic carbocycles. The van der Waals surface area contributed by atoms with Crippen molar-refractivity contribution in [3.05, 3.63) is 29.8 Å². The number of para-hydroxylation sites is 1. The van der Waals surface area contributed by atoms with E-state index >= 15 is 0 Å². The quantitative estimate of drug-likeness (QED) is 0.526. The Morgan fingerprint density at radius 3 is 2.30 bits per heavy atom. The zero-order valence-electron chi connectivity index (χ0n) is 16.7. The number of nitriles is 2. The van der Waals surface area contributed by atoms with Crippen molar-refractivity contribution in [3.63, 3.8) is 0 Å². The average Bonchev–Trinajstić information content (AvgIpc) is 2.68. The topological polar surface area (TPSA) is 73.9 Å². The van der Waals surface area contributed by atoms with Gasteiger partial charge in [-0.2, -0.15) is 10.5 Å². The van der Waals surface area contributed by atoms with Gasteiger partial charge >= 0.3 is 0 Å². The Balaban J connectivity index is 2.45. The minimum atomic E-state index is -0.815. The molecule has 4 nitrogen and oxygen atoms in total. The van der Waals surface area contributed by atoms with Gasteiger partial charge in [-0.3, -0.25) is 4.79 Å². The molecule has 27 heavy (non-hydrogen) atoms. The monoisotopic (exact) mass is 366 g/mol. The van der Waals surface area contributed by atoms with Crippen molar-refractivity contribution in [1.29, 1.82) is 10.5 Å². The molecule has 1 aliphatic rings. The van der Waals surface area contributed by atoms with E-state index in [-0.39, 0.29) is 23.7 Å². The second-order valence-corrected chi connectivity index (χ2v) is 7.91. The number of hydrogen-bond acceptors (Lipinski definition) is 4. The van der Waals surface area contributed by atoms with Crippen LogP contribution in [-0.2, 0) is 0 Å². The molecule has 0 radical (unpaired) electrons. The Morgan fingerprint density at radius 2 is 1.70 bits per heavy atom. The van der Waals surface area contributed by atoms with Crippen LogP contribution in [0.4, 0.5) is 0 Å². The number of benzene rings is 1. The lowest BCUT2D eigenvalue weighted by atomic mass is 9.63. The molecule has 0 amide bonds. The van der Waals surface area contributed by atoms with Crippen molar-refractivity contribution in [2.24, 2.45) is 17.3 Å². The van der Waals surface area contributed by atoms with Gasteiger partial charge < -0.3 is 4.74 Å². The molecule has 1 aromatic rings. The molecule has 0 spiro atoms. The number of rotatable bonds is 9. The third-order valence-electron chi connectivity index (χ3n) is 5.57. The van der Waals surface area contributed by atoms with Crippen LogP contribution in [0.25, 0.3) is 0 Å². The normalized spacial score (nSPS) is 23.4. The molecule has 144 valence electrons. The fourth-order valence-electron chi connectivity index (χ4n) is 4.24. The maximum absolute atomic E-state index is 13.6. The summed E-state index contributed by atoms with van der Waals surface area (Å²) in [6.07, 6.45) is 5.74. The van der Waals surface area contributed by atoms with Gasteiger partial charge in [0.2, 0.25) is 0 Å². The molecular weight excluding hydrogens is 336 g/mol. The summed E-state index contributed by atoms with van der Waals surface area (Å²) < 4.78 is 6.35. The molecule has 0 N–H and O–H groups in total. The largest absolute Gasteiger partial charge is 0.489 e. The smallest absolute Gasteiger partial charge is 0.176 e. The fraction of sp³-hybridized carbons (Fsp3) is 0.609. The van der Waals surface area contributed by atoms with Crippen molar-refractivity contribution < 1.29 is 9.53 Å². The second-order valence-electron chi connectivity index (χ2n) is 7.91. The molecular formula is C23H30N2O2. The number of fused-ring (bicyclic) bond motifs is 1. The van der Waals surface area contributed by atoms with Gasteiger partial charge in [0.05, 0.1) is 23.1 Å². The van der Waals surface area contributed by atoms with Gasteiger partial charge in [-0.05, 0) is 51.7 Å². The average molecular weight is 367 g/mol. The van der Waals surface area contributed by atoms with Gasteiger partial charge in [-0.25, -0.2) is 0 Å². The lowest BCUT2D eigenvalue weighted by Crippen LogP contribution is -2.50. The molecule has 1 aliphatic heterocycles. The van der Waals surface area contributed by atoms with E-state index in [0.717, 1.165) is 32.1 Å². The molecule has 0 saturated carbocycles. The van der Waals surface area contributed by atoms with E-state index in [9.17, 15) is 15.3 Å². The Bertz CT molecular complexity index is 707. The SMILES string of the molecule is CCCCCCC1Oc2ccccc2C(=O)C1(CC(C)C#N)CC(C)C#N. The van der Waals surface area contributed by atoms with Crippen LogP contribution in [0, 0.1) is 39.9 Å². The molecule has 4 heteroatoms. The third kappa shape index (κ3) is 4.69. The summed E-state index contributed by atoms with van der Waals surface area (Å²) in [5.41, 5.74) is -0.234. The van der Waals surface area contributed by atoms with Gasteiger partial charge in [-0.1, -0.05) is 38.3 Å².